The zero-order valence-electron chi connectivity index (χ0n) is 50.7. The Bertz CT molecular complexity index is 7300. The molecule has 0 aliphatic rings. The van der Waals surface area contributed by atoms with Crippen LogP contribution in [0.2, 0.25) is 0 Å². The maximum atomic E-state index is 5.83. The average molecular weight is 1210 g/mol. The molecule has 0 saturated heterocycles. The monoisotopic (exact) mass is 1210 g/mol. The topological polar surface area (TPSA) is 75.2 Å². The second-order valence-corrected chi connectivity index (χ2v) is 25.6. The van der Waals surface area contributed by atoms with Gasteiger partial charge < -0.3 is 8.80 Å². The second kappa shape index (κ2) is 17.9. The van der Waals surface area contributed by atoms with E-state index in [2.05, 4.69) is 308 Å². The van der Waals surface area contributed by atoms with Gasteiger partial charge in [-0.15, -0.1) is 0 Å². The van der Waals surface area contributed by atoms with Crippen molar-refractivity contribution >= 4 is 174 Å². The van der Waals surface area contributed by atoms with Gasteiger partial charge in [0.05, 0.1) is 77.2 Å². The van der Waals surface area contributed by atoms with E-state index in [0.717, 1.165) is 116 Å². The Balaban J connectivity index is 0.763. The lowest BCUT2D eigenvalue weighted by Crippen LogP contribution is -2.07. The van der Waals surface area contributed by atoms with Crippen molar-refractivity contribution in [3.05, 3.63) is 285 Å². The Labute approximate surface area is 538 Å². The van der Waals surface area contributed by atoms with Crippen molar-refractivity contribution in [1.82, 2.24) is 42.4 Å². The molecule has 95 heavy (non-hydrogen) atoms. The lowest BCUT2D eigenvalue weighted by molar-refractivity contribution is 0.973. The van der Waals surface area contributed by atoms with E-state index in [1.807, 2.05) is 0 Å². The van der Waals surface area contributed by atoms with Crippen LogP contribution in [0.1, 0.15) is 0 Å². The van der Waals surface area contributed by atoms with Gasteiger partial charge in [-0.25, -0.2) is 15.0 Å². The van der Waals surface area contributed by atoms with Crippen LogP contribution in [0.15, 0.2) is 285 Å². The fourth-order valence-corrected chi connectivity index (χ4v) is 17.1. The van der Waals surface area contributed by atoms with Crippen molar-refractivity contribution in [2.75, 3.05) is 0 Å². The first-order chi connectivity index (χ1) is 47.2. The predicted molar refractivity (Wildman–Crippen MR) is 393 cm³/mol. The Morgan fingerprint density at radius 2 is 0.611 bits per heavy atom. The lowest BCUT2D eigenvalue weighted by atomic mass is 9.94. The quantitative estimate of drug-likeness (QED) is 0.172. The molecule has 0 saturated carbocycles. The third-order valence-corrected chi connectivity index (χ3v) is 20.9. The minimum atomic E-state index is 0.625. The number of para-hydroxylation sites is 9. The molecule has 23 aromatic rings. The van der Waals surface area contributed by atoms with Crippen molar-refractivity contribution in [1.29, 1.82) is 0 Å². The van der Waals surface area contributed by atoms with E-state index in [4.69, 9.17) is 19.9 Å². The van der Waals surface area contributed by atoms with Crippen LogP contribution in [0.3, 0.4) is 0 Å². The first-order valence-corrected chi connectivity index (χ1v) is 32.5. The van der Waals surface area contributed by atoms with Crippen LogP contribution in [0.4, 0.5) is 0 Å². The highest BCUT2D eigenvalue weighted by molar-refractivity contribution is 6.36. The van der Waals surface area contributed by atoms with Crippen LogP contribution in [0.25, 0.3) is 214 Å². The Hall–Kier alpha value is -13.0. The molecule has 0 bridgehead atoms. The van der Waals surface area contributed by atoms with E-state index in [1.165, 1.54) is 86.7 Å². The third-order valence-electron chi connectivity index (χ3n) is 20.9. The van der Waals surface area contributed by atoms with Crippen molar-refractivity contribution in [2.45, 2.75) is 0 Å². The number of fused-ring (bicyclic) bond motifs is 26. The molecule has 0 atom stereocenters. The number of nitrogens with zero attached hydrogens (tertiary/aromatic N) is 9. The molecule has 0 aliphatic carbocycles. The summed E-state index contributed by atoms with van der Waals surface area (Å²) in [6, 6.07) is 104. The molecule has 0 aliphatic heterocycles. The van der Waals surface area contributed by atoms with Crippen LogP contribution in [-0.4, -0.2) is 42.4 Å². The van der Waals surface area contributed by atoms with Crippen molar-refractivity contribution in [3.63, 3.8) is 0 Å². The maximum absolute atomic E-state index is 5.83. The van der Waals surface area contributed by atoms with Crippen LogP contribution in [0, 0.1) is 0 Å². The summed E-state index contributed by atoms with van der Waals surface area (Å²) in [5, 5.41) is 21.0. The number of hydrogen-bond acceptors (Lipinski definition) is 4. The Morgan fingerprint density at radius 3 is 1.17 bits per heavy atom. The van der Waals surface area contributed by atoms with Crippen molar-refractivity contribution < 1.29 is 0 Å². The molecule has 9 aromatic heterocycles. The largest absolute Gasteiger partial charge is 0.308 e. The number of aromatic nitrogens is 9. The molecule has 436 valence electrons. The minimum Gasteiger partial charge on any atom is -0.308 e. The van der Waals surface area contributed by atoms with Crippen LogP contribution < -0.4 is 0 Å². The van der Waals surface area contributed by atoms with Gasteiger partial charge in [0.15, 0.2) is 11.6 Å². The van der Waals surface area contributed by atoms with Gasteiger partial charge in [-0.05, 0) is 125 Å². The Kier molecular flexibility index (Phi) is 9.40. The highest BCUT2D eigenvalue weighted by Crippen LogP contribution is 2.50. The van der Waals surface area contributed by atoms with Gasteiger partial charge in [0.1, 0.15) is 5.82 Å². The van der Waals surface area contributed by atoms with E-state index in [9.17, 15) is 0 Å². The molecule has 9 heteroatoms. The lowest BCUT2D eigenvalue weighted by Gasteiger charge is -2.15. The van der Waals surface area contributed by atoms with E-state index in [-0.39, 0.29) is 0 Å². The summed E-state index contributed by atoms with van der Waals surface area (Å²) in [6.07, 6.45) is 0. The molecular formula is C86H47N9. The molecule has 0 spiro atoms. The smallest absolute Gasteiger partial charge is 0.237 e. The van der Waals surface area contributed by atoms with Crippen LogP contribution >= 0.6 is 0 Å². The van der Waals surface area contributed by atoms with Crippen LogP contribution in [-0.2, 0) is 0 Å². The molecule has 0 fully saturated rings. The maximum Gasteiger partial charge on any atom is 0.237 e. The summed E-state index contributed by atoms with van der Waals surface area (Å²) in [6.45, 7) is 0. The third kappa shape index (κ3) is 6.36. The van der Waals surface area contributed by atoms with Gasteiger partial charge in [-0.3, -0.25) is 13.7 Å². The molecule has 0 radical (unpaired) electrons. The fraction of sp³-hybridized carbons (Fsp3) is 0. The summed E-state index contributed by atoms with van der Waals surface area (Å²) in [5.41, 5.74) is 18.6. The predicted octanol–water partition coefficient (Wildman–Crippen LogP) is 21.7. The minimum absolute atomic E-state index is 0.625. The molecule has 0 unspecified atom stereocenters. The molecule has 0 amide bonds. The van der Waals surface area contributed by atoms with Gasteiger partial charge in [-0.1, -0.05) is 182 Å². The highest BCUT2D eigenvalue weighted by atomic mass is 15.2. The number of benzene rings is 14. The van der Waals surface area contributed by atoms with Gasteiger partial charge >= 0.3 is 0 Å². The summed E-state index contributed by atoms with van der Waals surface area (Å²) < 4.78 is 12.1. The SMILES string of the molecule is c1ccc2c(-c3ccc4c(c3)c3cc5c6ccccc6n(-c6nc(-n7c8ccccc8c8ccccc87)nc7ccccc67)c5c5c6ccccc6n4c35)cc(-c3nc(-n4c5ccccc5c5cc6c7ccccc7n7c8ccccc8c(c54)c67)c4ccccc4n3)cc2c1. The van der Waals surface area contributed by atoms with Gasteiger partial charge in [0.25, 0.3) is 0 Å². The van der Waals surface area contributed by atoms with Crippen molar-refractivity contribution in [2.24, 2.45) is 0 Å². The van der Waals surface area contributed by atoms with Gasteiger partial charge in [-0.2, -0.15) is 4.98 Å². The first-order valence-electron chi connectivity index (χ1n) is 32.5. The van der Waals surface area contributed by atoms with E-state index in [1.54, 1.807) is 0 Å². The highest BCUT2D eigenvalue weighted by Gasteiger charge is 2.29. The first kappa shape index (κ1) is 49.8. The average Bonchev–Trinajstić information content (AvgIpc) is 1.53. The standard InChI is InChI=1S/C86H47N9/c1-2-22-51-48(21-1)43-50(83-87-67-32-12-3-28-57(67)84(89-83)94-72-37-17-8-26-55(72)64-46-63-54-25-7-14-34-69(54)91-74-39-19-10-30-59(74)77(79(63)91)81(64)94)45-61(51)49-41-42-76-62(44-49)66-47-65-56-27-9-18-38-73(56)95(82(65)78-60-31-11-20-40-75(60)92(76)80(66)78)85-58-29-4-13-33-68(58)88-86(90-85)93-70-35-15-5-23-52(70)53-24-6-16-36-71(53)93/h1-47H. The molecule has 9 heterocycles. The fourth-order valence-electron chi connectivity index (χ4n) is 17.1. The summed E-state index contributed by atoms with van der Waals surface area (Å²) in [5.74, 6) is 2.96. The molecule has 9 nitrogen and oxygen atoms in total. The number of hydrogen-bond donors (Lipinski definition) is 0. The number of rotatable bonds is 5. The van der Waals surface area contributed by atoms with Gasteiger partial charge in [0.2, 0.25) is 5.95 Å². The summed E-state index contributed by atoms with van der Waals surface area (Å²) in [4.78, 5) is 22.5. The normalized spacial score (nSPS) is 12.6. The Morgan fingerprint density at radius 1 is 0.221 bits per heavy atom. The van der Waals surface area contributed by atoms with Crippen molar-refractivity contribution in [3.8, 4) is 40.1 Å². The zero-order chi connectivity index (χ0) is 61.5. The summed E-state index contributed by atoms with van der Waals surface area (Å²) >= 11 is 0. The van der Waals surface area contributed by atoms with Gasteiger partial charge in [0, 0.05) is 91.7 Å². The molecular weight excluding hydrogens is 1160 g/mol. The second-order valence-electron chi connectivity index (χ2n) is 25.6. The van der Waals surface area contributed by atoms with Crippen LogP contribution in [0.5, 0.6) is 0 Å². The zero-order valence-corrected chi connectivity index (χ0v) is 50.7. The van der Waals surface area contributed by atoms with E-state index >= 15 is 0 Å². The van der Waals surface area contributed by atoms with E-state index in [0.29, 0.717) is 11.8 Å². The molecule has 0 N–H and O–H groups in total. The summed E-state index contributed by atoms with van der Waals surface area (Å²) in [7, 11) is 0. The molecule has 23 rings (SSSR count). The molecule has 14 aromatic carbocycles. The van der Waals surface area contributed by atoms with E-state index < -0.39 is 0 Å².